The summed E-state index contributed by atoms with van der Waals surface area (Å²) in [7, 11) is 0. The maximum absolute atomic E-state index is 5.11. The molecule has 0 atom stereocenters. The second-order valence-electron chi connectivity index (χ2n) is 2.71. The van der Waals surface area contributed by atoms with E-state index < -0.39 is 0 Å². The fourth-order valence-electron chi connectivity index (χ4n) is 1.05. The van der Waals surface area contributed by atoms with Crippen LogP contribution in [0.2, 0.25) is 0 Å². The van der Waals surface area contributed by atoms with E-state index in [0.717, 1.165) is 18.8 Å². The fourth-order valence-corrected chi connectivity index (χ4v) is 1.05. The van der Waals surface area contributed by atoms with E-state index in [-0.39, 0.29) is 0 Å². The molecule has 0 bridgehead atoms. The van der Waals surface area contributed by atoms with Crippen LogP contribution in [0, 0.1) is 0 Å². The summed E-state index contributed by atoms with van der Waals surface area (Å²) < 4.78 is 5.11. The Kier molecular flexibility index (Phi) is 4.06. The quantitative estimate of drug-likeness (QED) is 0.697. The first kappa shape index (κ1) is 9.81. The van der Waals surface area contributed by atoms with Crippen LogP contribution in [-0.2, 0) is 6.54 Å². The van der Waals surface area contributed by atoms with E-state index in [9.17, 15) is 0 Å². The Morgan fingerprint density at radius 2 is 2.08 bits per heavy atom. The molecular weight excluding hydrogens is 162 g/mol. The summed E-state index contributed by atoms with van der Waals surface area (Å²) in [6, 6.07) is 7.96. The van der Waals surface area contributed by atoms with Gasteiger partial charge in [0.15, 0.2) is 0 Å². The largest absolute Gasteiger partial charge is 0.466 e. The molecule has 70 valence electrons. The predicted octanol–water partition coefficient (Wildman–Crippen LogP) is 2.32. The van der Waals surface area contributed by atoms with E-state index in [1.165, 1.54) is 11.8 Å². The highest BCUT2D eigenvalue weighted by molar-refractivity contribution is 5.27. The average Bonchev–Trinajstić information content (AvgIpc) is 2.17. The summed E-state index contributed by atoms with van der Waals surface area (Å²) in [6.45, 7) is 7.48. The third-order valence-electron chi connectivity index (χ3n) is 1.72. The van der Waals surface area contributed by atoms with Gasteiger partial charge in [-0.1, -0.05) is 25.6 Å². The highest BCUT2D eigenvalue weighted by atomic mass is 16.5. The van der Waals surface area contributed by atoms with E-state index in [1.54, 1.807) is 0 Å². The monoisotopic (exact) mass is 177 g/mol. The Morgan fingerprint density at radius 1 is 1.38 bits per heavy atom. The van der Waals surface area contributed by atoms with Crippen molar-refractivity contribution in [2.24, 2.45) is 0 Å². The SMILES string of the molecule is C=COc1ccc(CNCC)cc1. The summed E-state index contributed by atoms with van der Waals surface area (Å²) in [6.07, 6.45) is 1.43. The van der Waals surface area contributed by atoms with Gasteiger partial charge in [-0.25, -0.2) is 0 Å². The highest BCUT2D eigenvalue weighted by Crippen LogP contribution is 2.11. The first-order chi connectivity index (χ1) is 6.36. The molecule has 0 unspecified atom stereocenters. The molecule has 1 N–H and O–H groups in total. The Morgan fingerprint density at radius 3 is 2.62 bits per heavy atom. The molecule has 1 aromatic rings. The topological polar surface area (TPSA) is 21.3 Å². The zero-order valence-electron chi connectivity index (χ0n) is 7.92. The molecule has 2 nitrogen and oxygen atoms in total. The number of benzene rings is 1. The van der Waals surface area contributed by atoms with Crippen LogP contribution in [-0.4, -0.2) is 6.54 Å². The zero-order chi connectivity index (χ0) is 9.52. The molecule has 0 spiro atoms. The van der Waals surface area contributed by atoms with Crippen LogP contribution in [0.4, 0.5) is 0 Å². The lowest BCUT2D eigenvalue weighted by Gasteiger charge is -2.03. The van der Waals surface area contributed by atoms with Crippen LogP contribution in [0.1, 0.15) is 12.5 Å². The third-order valence-corrected chi connectivity index (χ3v) is 1.72. The first-order valence-corrected chi connectivity index (χ1v) is 4.44. The van der Waals surface area contributed by atoms with E-state index >= 15 is 0 Å². The van der Waals surface area contributed by atoms with Crippen LogP contribution in [0.25, 0.3) is 0 Å². The molecular formula is C11H15NO. The van der Waals surface area contributed by atoms with Crippen LogP contribution < -0.4 is 10.1 Å². The Labute approximate surface area is 79.2 Å². The Bertz CT molecular complexity index is 253. The summed E-state index contributed by atoms with van der Waals surface area (Å²) in [5.74, 6) is 0.829. The second kappa shape index (κ2) is 5.38. The van der Waals surface area contributed by atoms with E-state index in [4.69, 9.17) is 4.74 Å². The molecule has 0 saturated carbocycles. The minimum Gasteiger partial charge on any atom is -0.466 e. The lowest BCUT2D eigenvalue weighted by molar-refractivity contribution is 0.483. The minimum atomic E-state index is 0.829. The van der Waals surface area contributed by atoms with E-state index in [1.807, 2.05) is 24.3 Å². The minimum absolute atomic E-state index is 0.829. The smallest absolute Gasteiger partial charge is 0.126 e. The van der Waals surface area contributed by atoms with Crippen molar-refractivity contribution in [2.75, 3.05) is 6.54 Å². The van der Waals surface area contributed by atoms with Gasteiger partial charge >= 0.3 is 0 Å². The molecule has 0 heterocycles. The van der Waals surface area contributed by atoms with Gasteiger partial charge in [0.2, 0.25) is 0 Å². The Balaban J connectivity index is 2.53. The number of hydrogen-bond donors (Lipinski definition) is 1. The van der Waals surface area contributed by atoms with Gasteiger partial charge in [-0.15, -0.1) is 0 Å². The normalized spacial score (nSPS) is 9.62. The number of ether oxygens (including phenoxy) is 1. The lowest BCUT2D eigenvalue weighted by atomic mass is 10.2. The van der Waals surface area contributed by atoms with Crippen molar-refractivity contribution in [3.05, 3.63) is 42.7 Å². The predicted molar refractivity (Wildman–Crippen MR) is 54.6 cm³/mol. The summed E-state index contributed by atoms with van der Waals surface area (Å²) in [4.78, 5) is 0. The fraction of sp³-hybridized carbons (Fsp3) is 0.273. The van der Waals surface area contributed by atoms with Gasteiger partial charge in [0, 0.05) is 6.54 Å². The average molecular weight is 177 g/mol. The molecule has 0 saturated heterocycles. The van der Waals surface area contributed by atoms with Crippen molar-refractivity contribution in [3.8, 4) is 5.75 Å². The van der Waals surface area contributed by atoms with Crippen molar-refractivity contribution in [1.82, 2.24) is 5.32 Å². The Hall–Kier alpha value is -1.28. The first-order valence-electron chi connectivity index (χ1n) is 4.44. The van der Waals surface area contributed by atoms with E-state index in [2.05, 4.69) is 18.8 Å². The van der Waals surface area contributed by atoms with Gasteiger partial charge in [-0.3, -0.25) is 0 Å². The molecule has 0 aliphatic heterocycles. The van der Waals surface area contributed by atoms with Crippen molar-refractivity contribution in [3.63, 3.8) is 0 Å². The molecule has 1 rings (SSSR count). The molecule has 0 aromatic heterocycles. The molecule has 0 aliphatic rings. The van der Waals surface area contributed by atoms with Crippen molar-refractivity contribution in [1.29, 1.82) is 0 Å². The van der Waals surface area contributed by atoms with Crippen molar-refractivity contribution >= 4 is 0 Å². The van der Waals surface area contributed by atoms with Crippen LogP contribution >= 0.6 is 0 Å². The molecule has 1 aromatic carbocycles. The second-order valence-corrected chi connectivity index (χ2v) is 2.71. The molecule has 0 aliphatic carbocycles. The van der Waals surface area contributed by atoms with Gasteiger partial charge in [0.25, 0.3) is 0 Å². The van der Waals surface area contributed by atoms with Gasteiger partial charge < -0.3 is 10.1 Å². The van der Waals surface area contributed by atoms with E-state index in [0.29, 0.717) is 0 Å². The van der Waals surface area contributed by atoms with Crippen LogP contribution in [0.5, 0.6) is 5.75 Å². The van der Waals surface area contributed by atoms with Gasteiger partial charge in [-0.05, 0) is 24.2 Å². The maximum atomic E-state index is 5.11. The number of rotatable bonds is 5. The number of hydrogen-bond acceptors (Lipinski definition) is 2. The van der Waals surface area contributed by atoms with Gasteiger partial charge in [0.1, 0.15) is 5.75 Å². The number of nitrogens with one attached hydrogen (secondary N) is 1. The van der Waals surface area contributed by atoms with Crippen molar-refractivity contribution in [2.45, 2.75) is 13.5 Å². The summed E-state index contributed by atoms with van der Waals surface area (Å²) >= 11 is 0. The molecule has 0 fully saturated rings. The third kappa shape index (κ3) is 3.30. The standard InChI is InChI=1S/C11H15NO/c1-3-12-9-10-5-7-11(8-6-10)13-4-2/h4-8,12H,2-3,9H2,1H3. The highest BCUT2D eigenvalue weighted by Gasteiger charge is 1.92. The lowest BCUT2D eigenvalue weighted by Crippen LogP contribution is -2.11. The molecule has 0 radical (unpaired) electrons. The van der Waals surface area contributed by atoms with Crippen LogP contribution in [0.15, 0.2) is 37.1 Å². The summed E-state index contributed by atoms with van der Waals surface area (Å²) in [5, 5.41) is 3.26. The van der Waals surface area contributed by atoms with Crippen LogP contribution in [0.3, 0.4) is 0 Å². The molecule has 2 heteroatoms. The van der Waals surface area contributed by atoms with Gasteiger partial charge in [0.05, 0.1) is 6.26 Å². The zero-order valence-corrected chi connectivity index (χ0v) is 7.92. The van der Waals surface area contributed by atoms with Gasteiger partial charge in [-0.2, -0.15) is 0 Å². The van der Waals surface area contributed by atoms with Crippen molar-refractivity contribution < 1.29 is 4.74 Å². The molecule has 13 heavy (non-hydrogen) atoms. The maximum Gasteiger partial charge on any atom is 0.126 e. The molecule has 0 amide bonds. The summed E-state index contributed by atoms with van der Waals surface area (Å²) in [5.41, 5.74) is 1.26.